The molecular weight excluding hydrogens is 437 g/mol. The molecule has 0 atom stereocenters. The molecule has 1 aliphatic rings. The molecule has 0 bridgehead atoms. The third kappa shape index (κ3) is 4.24. The van der Waals surface area contributed by atoms with E-state index in [1.807, 2.05) is 48.7 Å². The lowest BCUT2D eigenvalue weighted by Crippen LogP contribution is -2.54. The molecule has 0 unspecified atom stereocenters. The van der Waals surface area contributed by atoms with Gasteiger partial charge in [0.15, 0.2) is 5.11 Å². The van der Waals surface area contributed by atoms with Crippen molar-refractivity contribution in [2.75, 3.05) is 4.90 Å². The van der Waals surface area contributed by atoms with Gasteiger partial charge in [0.05, 0.1) is 5.69 Å². The van der Waals surface area contributed by atoms with Gasteiger partial charge in [0, 0.05) is 17.1 Å². The SMILES string of the molecule is Cc1cc(/C=C2\C(=O)NC(=S)N(c3ccc(C(C)C)cc3)C2=O)c(C)n1-c1ccc(F)cc1. The number of aromatic nitrogens is 1. The number of amides is 2. The summed E-state index contributed by atoms with van der Waals surface area (Å²) in [5.74, 6) is -0.973. The van der Waals surface area contributed by atoms with Gasteiger partial charge in [-0.1, -0.05) is 26.0 Å². The third-order valence-electron chi connectivity index (χ3n) is 5.77. The number of thiocarbonyl (C=S) groups is 1. The number of carbonyl (C=O) groups excluding carboxylic acids is 2. The number of rotatable bonds is 4. The second kappa shape index (κ2) is 8.75. The predicted octanol–water partition coefficient (Wildman–Crippen LogP) is 5.19. The molecule has 168 valence electrons. The summed E-state index contributed by atoms with van der Waals surface area (Å²) >= 11 is 5.30. The lowest BCUT2D eigenvalue weighted by molar-refractivity contribution is -0.122. The van der Waals surface area contributed by atoms with Crippen LogP contribution in [0.3, 0.4) is 0 Å². The van der Waals surface area contributed by atoms with Gasteiger partial charge in [0.25, 0.3) is 11.8 Å². The highest BCUT2D eigenvalue weighted by molar-refractivity contribution is 7.80. The van der Waals surface area contributed by atoms with Crippen molar-refractivity contribution >= 4 is 40.9 Å². The van der Waals surface area contributed by atoms with Gasteiger partial charge < -0.3 is 4.57 Å². The summed E-state index contributed by atoms with van der Waals surface area (Å²) < 4.78 is 15.3. The summed E-state index contributed by atoms with van der Waals surface area (Å²) in [6.07, 6.45) is 1.58. The summed E-state index contributed by atoms with van der Waals surface area (Å²) in [6.45, 7) is 7.99. The van der Waals surface area contributed by atoms with Crippen molar-refractivity contribution in [2.45, 2.75) is 33.6 Å². The van der Waals surface area contributed by atoms with Crippen LogP contribution in [-0.4, -0.2) is 21.5 Å². The molecule has 3 aromatic rings. The highest BCUT2D eigenvalue weighted by Gasteiger charge is 2.34. The van der Waals surface area contributed by atoms with Gasteiger partial charge in [-0.15, -0.1) is 0 Å². The van der Waals surface area contributed by atoms with Crippen LogP contribution in [0.1, 0.15) is 42.3 Å². The van der Waals surface area contributed by atoms with Crippen LogP contribution < -0.4 is 10.2 Å². The number of carbonyl (C=O) groups is 2. The first-order valence-electron chi connectivity index (χ1n) is 10.6. The topological polar surface area (TPSA) is 54.3 Å². The number of nitrogens with zero attached hydrogens (tertiary/aromatic N) is 2. The van der Waals surface area contributed by atoms with Gasteiger partial charge >= 0.3 is 0 Å². The smallest absolute Gasteiger partial charge is 0.270 e. The van der Waals surface area contributed by atoms with E-state index in [9.17, 15) is 14.0 Å². The van der Waals surface area contributed by atoms with E-state index in [0.717, 1.165) is 28.2 Å². The van der Waals surface area contributed by atoms with Gasteiger partial charge in [-0.2, -0.15) is 0 Å². The van der Waals surface area contributed by atoms with Crippen LogP contribution in [0.2, 0.25) is 0 Å². The van der Waals surface area contributed by atoms with Crippen LogP contribution in [0, 0.1) is 19.7 Å². The summed E-state index contributed by atoms with van der Waals surface area (Å²) in [6, 6.07) is 15.6. The summed E-state index contributed by atoms with van der Waals surface area (Å²) in [5.41, 5.74) is 4.97. The Kier molecular flexibility index (Phi) is 5.99. The van der Waals surface area contributed by atoms with Crippen molar-refractivity contribution in [3.8, 4) is 5.69 Å². The zero-order valence-corrected chi connectivity index (χ0v) is 19.7. The van der Waals surface area contributed by atoms with Crippen molar-refractivity contribution < 1.29 is 14.0 Å². The second-order valence-corrected chi connectivity index (χ2v) is 8.73. The molecule has 1 N–H and O–H groups in total. The lowest BCUT2D eigenvalue weighted by Gasteiger charge is -2.29. The third-order valence-corrected chi connectivity index (χ3v) is 6.06. The molecular formula is C26H24FN3O2S. The van der Waals surface area contributed by atoms with Gasteiger partial charge in [-0.3, -0.25) is 19.8 Å². The largest absolute Gasteiger partial charge is 0.318 e. The number of anilines is 1. The van der Waals surface area contributed by atoms with Crippen molar-refractivity contribution in [2.24, 2.45) is 0 Å². The van der Waals surface area contributed by atoms with Crippen LogP contribution in [0.4, 0.5) is 10.1 Å². The van der Waals surface area contributed by atoms with E-state index in [2.05, 4.69) is 19.2 Å². The fraction of sp³-hybridized carbons (Fsp3) is 0.192. The van der Waals surface area contributed by atoms with Gasteiger partial charge in [0.1, 0.15) is 11.4 Å². The number of hydrogen-bond donors (Lipinski definition) is 1. The molecule has 2 heterocycles. The standard InChI is InChI=1S/C26H24FN3O2S/c1-15(2)18-5-9-22(10-6-18)30-25(32)23(24(31)28-26(30)33)14-19-13-16(3)29(17(19)4)21-11-7-20(27)8-12-21/h5-15H,1-4H3,(H,28,31,33)/b23-14+. The number of benzene rings is 2. The van der Waals surface area contributed by atoms with Crippen LogP contribution in [0.25, 0.3) is 11.8 Å². The zero-order chi connectivity index (χ0) is 23.9. The Labute approximate surface area is 197 Å². The molecule has 2 amide bonds. The predicted molar refractivity (Wildman–Crippen MR) is 132 cm³/mol. The molecule has 5 nitrogen and oxygen atoms in total. The quantitative estimate of drug-likeness (QED) is 0.331. The Hall–Kier alpha value is -3.58. The van der Waals surface area contributed by atoms with E-state index in [1.54, 1.807) is 18.2 Å². The van der Waals surface area contributed by atoms with E-state index in [1.165, 1.54) is 17.0 Å². The van der Waals surface area contributed by atoms with Gasteiger partial charge in [-0.05, 0) is 91.7 Å². The number of nitrogens with one attached hydrogen (secondary N) is 1. The zero-order valence-electron chi connectivity index (χ0n) is 18.8. The Balaban J connectivity index is 1.72. The second-order valence-electron chi connectivity index (χ2n) is 8.34. The lowest BCUT2D eigenvalue weighted by atomic mass is 10.0. The Morgan fingerprint density at radius 2 is 1.58 bits per heavy atom. The first kappa shape index (κ1) is 22.6. The molecule has 2 aromatic carbocycles. The Bertz CT molecular complexity index is 1290. The fourth-order valence-corrected chi connectivity index (χ4v) is 4.26. The van der Waals surface area contributed by atoms with Crippen molar-refractivity contribution in [1.82, 2.24) is 9.88 Å². The minimum absolute atomic E-state index is 0.00380. The maximum atomic E-state index is 13.4. The molecule has 0 spiro atoms. The molecule has 1 aliphatic heterocycles. The molecule has 1 saturated heterocycles. The average Bonchev–Trinajstić information content (AvgIpc) is 3.05. The normalized spacial score (nSPS) is 15.5. The minimum atomic E-state index is -0.536. The average molecular weight is 462 g/mol. The number of halogens is 1. The summed E-state index contributed by atoms with van der Waals surface area (Å²) in [5, 5.41) is 2.68. The molecule has 0 radical (unpaired) electrons. The fourth-order valence-electron chi connectivity index (χ4n) is 3.98. The van der Waals surface area contributed by atoms with Crippen molar-refractivity contribution in [1.29, 1.82) is 0 Å². The van der Waals surface area contributed by atoms with Crippen LogP contribution in [0.15, 0.2) is 60.2 Å². The highest BCUT2D eigenvalue weighted by atomic mass is 32.1. The molecule has 0 saturated carbocycles. The molecule has 7 heteroatoms. The first-order chi connectivity index (χ1) is 15.7. The van der Waals surface area contributed by atoms with Crippen molar-refractivity contribution in [3.63, 3.8) is 0 Å². The molecule has 1 fully saturated rings. The maximum Gasteiger partial charge on any atom is 0.270 e. The first-order valence-corrected chi connectivity index (χ1v) is 11.0. The van der Waals surface area contributed by atoms with Crippen LogP contribution in [0.5, 0.6) is 0 Å². The van der Waals surface area contributed by atoms with E-state index >= 15 is 0 Å². The van der Waals surface area contributed by atoms with E-state index in [4.69, 9.17) is 12.2 Å². The van der Waals surface area contributed by atoms with E-state index < -0.39 is 11.8 Å². The number of aryl methyl sites for hydroxylation is 1. The monoisotopic (exact) mass is 461 g/mol. The van der Waals surface area contributed by atoms with Gasteiger partial charge in [-0.25, -0.2) is 4.39 Å². The Morgan fingerprint density at radius 1 is 0.970 bits per heavy atom. The molecule has 33 heavy (non-hydrogen) atoms. The summed E-state index contributed by atoms with van der Waals surface area (Å²) in [7, 11) is 0. The minimum Gasteiger partial charge on any atom is -0.318 e. The molecule has 0 aliphatic carbocycles. The number of hydrogen-bond acceptors (Lipinski definition) is 3. The maximum absolute atomic E-state index is 13.4. The molecule has 4 rings (SSSR count). The molecule has 1 aromatic heterocycles. The summed E-state index contributed by atoms with van der Waals surface area (Å²) in [4.78, 5) is 27.4. The highest BCUT2D eigenvalue weighted by Crippen LogP contribution is 2.27. The Morgan fingerprint density at radius 3 is 2.18 bits per heavy atom. The van der Waals surface area contributed by atoms with Gasteiger partial charge in [0.2, 0.25) is 0 Å². The van der Waals surface area contributed by atoms with Crippen LogP contribution in [-0.2, 0) is 9.59 Å². The van der Waals surface area contributed by atoms with E-state index in [0.29, 0.717) is 11.6 Å². The van der Waals surface area contributed by atoms with Crippen LogP contribution >= 0.6 is 12.2 Å². The van der Waals surface area contributed by atoms with E-state index in [-0.39, 0.29) is 16.5 Å². The van der Waals surface area contributed by atoms with Crippen molar-refractivity contribution in [3.05, 3.63) is 88.5 Å².